The summed E-state index contributed by atoms with van der Waals surface area (Å²) < 4.78 is 6.87. The van der Waals surface area contributed by atoms with E-state index in [-0.39, 0.29) is 5.97 Å². The molecule has 3 rings (SSSR count). The van der Waals surface area contributed by atoms with Gasteiger partial charge in [-0.1, -0.05) is 18.3 Å². The van der Waals surface area contributed by atoms with Crippen molar-refractivity contribution in [1.29, 1.82) is 0 Å². The molecule has 0 aromatic carbocycles. The van der Waals surface area contributed by atoms with Gasteiger partial charge in [-0.3, -0.25) is 4.79 Å². The van der Waals surface area contributed by atoms with Gasteiger partial charge in [-0.15, -0.1) is 10.2 Å². The number of nitrogens with zero attached hydrogens (tertiary/aromatic N) is 4. The van der Waals surface area contributed by atoms with Gasteiger partial charge in [-0.05, 0) is 19.8 Å². The molecule has 1 fully saturated rings. The van der Waals surface area contributed by atoms with Crippen LogP contribution in [0.3, 0.4) is 0 Å². The fourth-order valence-electron chi connectivity index (χ4n) is 1.97. The Morgan fingerprint density at radius 2 is 2.22 bits per heavy atom. The minimum atomic E-state index is -0.508. The molecule has 1 aliphatic rings. The minimum Gasteiger partial charge on any atom is -0.465 e. The highest BCUT2D eigenvalue weighted by Crippen LogP contribution is 2.50. The monoisotopic (exact) mass is 266 g/mol. The van der Waals surface area contributed by atoms with Crippen molar-refractivity contribution in [3.8, 4) is 0 Å². The molecule has 0 spiro atoms. The molecule has 0 unspecified atom stereocenters. The molecule has 0 radical (unpaired) electrons. The Morgan fingerprint density at radius 3 is 2.83 bits per heavy atom. The lowest BCUT2D eigenvalue weighted by atomic mass is 10.1. The van der Waals surface area contributed by atoms with Crippen molar-refractivity contribution in [2.75, 3.05) is 6.61 Å². The summed E-state index contributed by atoms with van der Waals surface area (Å²) in [5.41, 5.74) is -0.508. The Hall–Kier alpha value is -1.50. The predicted octanol–water partition coefficient (Wildman–Crippen LogP) is 1.34. The fourth-order valence-corrected chi connectivity index (χ4v) is 3.06. The van der Waals surface area contributed by atoms with Crippen LogP contribution in [0.15, 0.2) is 0 Å². The molecule has 0 N–H and O–H groups in total. The lowest BCUT2D eigenvalue weighted by Gasteiger charge is -2.09. The summed E-state index contributed by atoms with van der Waals surface area (Å²) in [4.78, 5) is 12.7. The molecule has 2 heterocycles. The third kappa shape index (κ3) is 1.53. The van der Waals surface area contributed by atoms with Gasteiger partial charge in [0.15, 0.2) is 5.82 Å². The number of hydrogen-bond donors (Lipinski definition) is 0. The quantitative estimate of drug-likeness (QED) is 0.781. The van der Waals surface area contributed by atoms with Gasteiger partial charge in [0, 0.05) is 6.42 Å². The van der Waals surface area contributed by atoms with Crippen LogP contribution >= 0.6 is 11.3 Å². The molecule has 18 heavy (non-hydrogen) atoms. The molecule has 2 aromatic heterocycles. The van der Waals surface area contributed by atoms with Crippen molar-refractivity contribution < 1.29 is 9.53 Å². The maximum atomic E-state index is 12.0. The van der Waals surface area contributed by atoms with Gasteiger partial charge in [0.05, 0.1) is 6.61 Å². The van der Waals surface area contributed by atoms with Crippen LogP contribution in [0.25, 0.3) is 4.96 Å². The maximum absolute atomic E-state index is 12.0. The van der Waals surface area contributed by atoms with E-state index < -0.39 is 5.41 Å². The first kappa shape index (κ1) is 11.6. The summed E-state index contributed by atoms with van der Waals surface area (Å²) in [6.45, 7) is 4.24. The van der Waals surface area contributed by atoms with Gasteiger partial charge in [0.1, 0.15) is 10.4 Å². The molecule has 0 saturated heterocycles. The van der Waals surface area contributed by atoms with Crippen LogP contribution in [0.2, 0.25) is 0 Å². The Labute approximate surface area is 108 Å². The van der Waals surface area contributed by atoms with Crippen molar-refractivity contribution in [3.63, 3.8) is 0 Å². The average molecular weight is 266 g/mol. The van der Waals surface area contributed by atoms with E-state index in [0.29, 0.717) is 6.61 Å². The zero-order chi connectivity index (χ0) is 12.8. The number of carbonyl (C=O) groups is 1. The van der Waals surface area contributed by atoms with E-state index in [0.717, 1.165) is 35.1 Å². The van der Waals surface area contributed by atoms with Crippen LogP contribution in [-0.4, -0.2) is 32.4 Å². The Morgan fingerprint density at radius 1 is 1.44 bits per heavy atom. The number of ether oxygens (including phenoxy) is 1. The second-order valence-corrected chi connectivity index (χ2v) is 5.33. The van der Waals surface area contributed by atoms with Crippen LogP contribution in [0.1, 0.15) is 37.5 Å². The van der Waals surface area contributed by atoms with E-state index in [2.05, 4.69) is 15.3 Å². The molecule has 6 nitrogen and oxygen atoms in total. The van der Waals surface area contributed by atoms with Crippen molar-refractivity contribution in [2.24, 2.45) is 0 Å². The lowest BCUT2D eigenvalue weighted by molar-refractivity contribution is -0.146. The third-order valence-electron chi connectivity index (χ3n) is 3.20. The summed E-state index contributed by atoms with van der Waals surface area (Å²) in [6.07, 6.45) is 2.41. The standard InChI is InChI=1S/C11H14N4O2S/c1-3-7-12-13-10-15(7)14-8(18-10)11(5-6-11)9(16)17-4-2/h3-6H2,1-2H3. The zero-order valence-corrected chi connectivity index (χ0v) is 11.2. The lowest BCUT2D eigenvalue weighted by Crippen LogP contribution is -2.23. The Balaban J connectivity index is 1.99. The van der Waals surface area contributed by atoms with Crippen molar-refractivity contribution in [1.82, 2.24) is 19.8 Å². The van der Waals surface area contributed by atoms with E-state index >= 15 is 0 Å². The van der Waals surface area contributed by atoms with Gasteiger partial charge >= 0.3 is 5.97 Å². The normalized spacial score (nSPS) is 17.0. The van der Waals surface area contributed by atoms with Gasteiger partial charge < -0.3 is 4.74 Å². The van der Waals surface area contributed by atoms with Gasteiger partial charge in [0.25, 0.3) is 0 Å². The van der Waals surface area contributed by atoms with Gasteiger partial charge in [-0.2, -0.15) is 9.61 Å². The molecule has 1 saturated carbocycles. The van der Waals surface area contributed by atoms with Crippen LogP contribution in [0, 0.1) is 0 Å². The summed E-state index contributed by atoms with van der Waals surface area (Å²) >= 11 is 1.43. The molecule has 0 atom stereocenters. The maximum Gasteiger partial charge on any atom is 0.319 e. The average Bonchev–Trinajstić information content (AvgIpc) is 2.92. The summed E-state index contributed by atoms with van der Waals surface area (Å²) in [5.74, 6) is 0.667. The van der Waals surface area contributed by atoms with E-state index in [9.17, 15) is 4.79 Å². The van der Waals surface area contributed by atoms with Crippen LogP contribution < -0.4 is 0 Å². The third-order valence-corrected chi connectivity index (χ3v) is 4.30. The number of fused-ring (bicyclic) bond motifs is 1. The van der Waals surface area contributed by atoms with Crippen molar-refractivity contribution in [2.45, 2.75) is 38.5 Å². The highest BCUT2D eigenvalue weighted by Gasteiger charge is 2.55. The largest absolute Gasteiger partial charge is 0.465 e. The van der Waals surface area contributed by atoms with Crippen LogP contribution in [-0.2, 0) is 21.4 Å². The molecule has 1 aliphatic carbocycles. The molecule has 0 aliphatic heterocycles. The van der Waals surface area contributed by atoms with Crippen LogP contribution in [0.4, 0.5) is 0 Å². The van der Waals surface area contributed by atoms with E-state index in [1.165, 1.54) is 11.3 Å². The summed E-state index contributed by atoms with van der Waals surface area (Å²) in [5, 5.41) is 13.4. The zero-order valence-electron chi connectivity index (χ0n) is 10.3. The molecule has 0 amide bonds. The summed E-state index contributed by atoms with van der Waals surface area (Å²) in [6, 6.07) is 0. The van der Waals surface area contributed by atoms with Gasteiger partial charge in [-0.25, -0.2) is 0 Å². The topological polar surface area (TPSA) is 69.4 Å². The van der Waals surface area contributed by atoms with Gasteiger partial charge in [0.2, 0.25) is 4.96 Å². The van der Waals surface area contributed by atoms with Crippen molar-refractivity contribution >= 4 is 22.3 Å². The predicted molar refractivity (Wildman–Crippen MR) is 65.6 cm³/mol. The van der Waals surface area contributed by atoms with Crippen molar-refractivity contribution in [3.05, 3.63) is 10.8 Å². The first-order valence-corrected chi connectivity index (χ1v) is 6.91. The highest BCUT2D eigenvalue weighted by molar-refractivity contribution is 7.17. The first-order valence-electron chi connectivity index (χ1n) is 6.10. The molecule has 0 bridgehead atoms. The number of rotatable bonds is 4. The number of hydrogen-bond acceptors (Lipinski definition) is 6. The Kier molecular flexibility index (Phi) is 2.58. The SMILES string of the molecule is CCOC(=O)C1(c2nn3c(CC)nnc3s2)CC1. The smallest absolute Gasteiger partial charge is 0.319 e. The second-order valence-electron chi connectivity index (χ2n) is 4.37. The number of carbonyl (C=O) groups excluding carboxylic acids is 1. The van der Waals surface area contributed by atoms with E-state index in [1.807, 2.05) is 13.8 Å². The molecule has 2 aromatic rings. The molecule has 96 valence electrons. The van der Waals surface area contributed by atoms with E-state index in [1.54, 1.807) is 4.52 Å². The summed E-state index contributed by atoms with van der Waals surface area (Å²) in [7, 11) is 0. The number of aryl methyl sites for hydroxylation is 1. The van der Waals surface area contributed by atoms with E-state index in [4.69, 9.17) is 4.74 Å². The number of esters is 1. The fraction of sp³-hybridized carbons (Fsp3) is 0.636. The number of aromatic nitrogens is 4. The molecular weight excluding hydrogens is 252 g/mol. The minimum absolute atomic E-state index is 0.159. The second kappa shape index (κ2) is 4.01. The highest BCUT2D eigenvalue weighted by atomic mass is 32.1. The molecule has 7 heteroatoms. The van der Waals surface area contributed by atoms with Crippen LogP contribution in [0.5, 0.6) is 0 Å². The first-order chi connectivity index (χ1) is 8.71. The Bertz CT molecular complexity index is 599. The molecular formula is C11H14N4O2S.